The monoisotopic (exact) mass is 311 g/mol. The Kier molecular flexibility index (Phi) is 5.30. The lowest BCUT2D eigenvalue weighted by atomic mass is 10.1. The van der Waals surface area contributed by atoms with Crippen LogP contribution in [0, 0.1) is 0 Å². The number of carbonyl (C=O) groups excluding carboxylic acids is 1. The van der Waals surface area contributed by atoms with E-state index in [0.717, 1.165) is 31.0 Å². The first-order valence-electron chi connectivity index (χ1n) is 7.21. The number of carboxylic acids is 1. The van der Waals surface area contributed by atoms with Crippen LogP contribution in [0.2, 0.25) is 0 Å². The number of piperidine rings is 1. The van der Waals surface area contributed by atoms with Crippen LogP contribution in [0.25, 0.3) is 0 Å². The van der Waals surface area contributed by atoms with Crippen LogP contribution >= 0.6 is 11.3 Å². The maximum absolute atomic E-state index is 11.5. The lowest BCUT2D eigenvalue weighted by molar-refractivity contribution is 0.0687. The van der Waals surface area contributed by atoms with Crippen LogP contribution in [0.3, 0.4) is 0 Å². The van der Waals surface area contributed by atoms with Gasteiger partial charge in [0.2, 0.25) is 0 Å². The molecule has 0 spiro atoms. The van der Waals surface area contributed by atoms with Crippen molar-refractivity contribution in [3.05, 3.63) is 10.6 Å². The molecule has 1 aliphatic rings. The topological polar surface area (TPSA) is 82.5 Å². The number of Topliss-reactive ketones (excluding diaryl/α,β-unsaturated/α-hetero) is 1. The van der Waals surface area contributed by atoms with Gasteiger partial charge in [-0.3, -0.25) is 4.79 Å². The second kappa shape index (κ2) is 7.00. The Morgan fingerprint density at radius 1 is 1.38 bits per heavy atom. The molecule has 1 aliphatic heterocycles. The summed E-state index contributed by atoms with van der Waals surface area (Å²) in [7, 11) is 0. The molecule has 2 N–H and O–H groups in total. The Morgan fingerprint density at radius 2 is 2.05 bits per heavy atom. The van der Waals surface area contributed by atoms with Gasteiger partial charge in [-0.25, -0.2) is 9.78 Å². The molecule has 1 fully saturated rings. The standard InChI is InChI=1S/C14H21N3O3S/c1-9(8-17-6-4-3-5-7-17)15-14-16-11(13(19)20)12(21-14)10(2)18/h9H,3-8H2,1-2H3,(H,15,16)(H,19,20). The van der Waals surface area contributed by atoms with Crippen LogP contribution in [0.15, 0.2) is 0 Å². The molecule has 0 saturated carbocycles. The molecule has 2 heterocycles. The van der Waals surface area contributed by atoms with Crippen molar-refractivity contribution in [1.29, 1.82) is 0 Å². The van der Waals surface area contributed by atoms with Crippen molar-refractivity contribution in [2.45, 2.75) is 39.2 Å². The first-order chi connectivity index (χ1) is 9.97. The highest BCUT2D eigenvalue weighted by atomic mass is 32.1. The number of aromatic nitrogens is 1. The average Bonchev–Trinajstić information content (AvgIpc) is 2.84. The Balaban J connectivity index is 2.00. The fraction of sp³-hybridized carbons (Fsp3) is 0.643. The number of hydrogen-bond acceptors (Lipinski definition) is 6. The number of carbonyl (C=O) groups is 2. The highest BCUT2D eigenvalue weighted by Crippen LogP contribution is 2.24. The summed E-state index contributed by atoms with van der Waals surface area (Å²) in [5.74, 6) is -1.42. The van der Waals surface area contributed by atoms with Crippen molar-refractivity contribution in [3.8, 4) is 0 Å². The van der Waals surface area contributed by atoms with Crippen molar-refractivity contribution in [1.82, 2.24) is 9.88 Å². The third kappa shape index (κ3) is 4.25. The van der Waals surface area contributed by atoms with Gasteiger partial charge in [-0.15, -0.1) is 0 Å². The maximum atomic E-state index is 11.5. The normalized spacial score (nSPS) is 17.4. The SMILES string of the molecule is CC(=O)c1sc(NC(C)CN2CCCCC2)nc1C(=O)O. The fourth-order valence-corrected chi connectivity index (χ4v) is 3.51. The second-order valence-electron chi connectivity index (χ2n) is 5.46. The molecule has 1 unspecified atom stereocenters. The molecule has 0 radical (unpaired) electrons. The van der Waals surface area contributed by atoms with Crippen LogP contribution in [-0.2, 0) is 0 Å². The molecule has 6 nitrogen and oxygen atoms in total. The van der Waals surface area contributed by atoms with Crippen LogP contribution in [0.1, 0.15) is 53.3 Å². The highest BCUT2D eigenvalue weighted by Gasteiger charge is 2.21. The minimum Gasteiger partial charge on any atom is -0.476 e. The number of likely N-dealkylation sites (tertiary alicyclic amines) is 1. The van der Waals surface area contributed by atoms with Gasteiger partial charge in [-0.2, -0.15) is 0 Å². The first-order valence-corrected chi connectivity index (χ1v) is 8.03. The summed E-state index contributed by atoms with van der Waals surface area (Å²) < 4.78 is 0. The lowest BCUT2D eigenvalue weighted by Gasteiger charge is -2.29. The van der Waals surface area contributed by atoms with Crippen LogP contribution in [-0.4, -0.2) is 52.4 Å². The van der Waals surface area contributed by atoms with Gasteiger partial charge in [0.25, 0.3) is 0 Å². The molecular formula is C14H21N3O3S. The number of rotatable bonds is 6. The molecule has 0 aliphatic carbocycles. The predicted molar refractivity (Wildman–Crippen MR) is 82.5 cm³/mol. The zero-order valence-electron chi connectivity index (χ0n) is 12.4. The first kappa shape index (κ1) is 15.9. The quantitative estimate of drug-likeness (QED) is 0.785. The Bertz CT molecular complexity index is 492. The Labute approximate surface area is 128 Å². The zero-order chi connectivity index (χ0) is 15.4. The number of anilines is 1. The Hall–Kier alpha value is -1.47. The summed E-state index contributed by atoms with van der Waals surface area (Å²) in [5.41, 5.74) is -0.153. The van der Waals surface area contributed by atoms with Gasteiger partial charge in [0, 0.05) is 19.5 Å². The molecule has 7 heteroatoms. The molecule has 0 bridgehead atoms. The van der Waals surface area contributed by atoms with E-state index in [1.807, 2.05) is 6.92 Å². The van der Waals surface area contributed by atoms with E-state index >= 15 is 0 Å². The number of carboxylic acid groups (broad SMARTS) is 1. The minimum absolute atomic E-state index is 0.153. The summed E-state index contributed by atoms with van der Waals surface area (Å²) >= 11 is 1.12. The fourth-order valence-electron chi connectivity index (χ4n) is 2.55. The molecule has 2 rings (SSSR count). The number of aromatic carboxylic acids is 1. The molecule has 1 aromatic rings. The minimum atomic E-state index is -1.16. The third-order valence-electron chi connectivity index (χ3n) is 3.50. The van der Waals surface area contributed by atoms with Gasteiger partial charge in [-0.05, 0) is 32.9 Å². The van der Waals surface area contributed by atoms with Crippen LogP contribution in [0.5, 0.6) is 0 Å². The van der Waals surface area contributed by atoms with Gasteiger partial charge in [0.05, 0.1) is 0 Å². The largest absolute Gasteiger partial charge is 0.476 e. The van der Waals surface area contributed by atoms with Gasteiger partial charge in [-0.1, -0.05) is 17.8 Å². The van der Waals surface area contributed by atoms with E-state index in [9.17, 15) is 9.59 Å². The van der Waals surface area contributed by atoms with E-state index in [2.05, 4.69) is 15.2 Å². The third-order valence-corrected chi connectivity index (χ3v) is 4.59. The smallest absolute Gasteiger partial charge is 0.356 e. The van der Waals surface area contributed by atoms with Crippen molar-refractivity contribution >= 4 is 28.2 Å². The summed E-state index contributed by atoms with van der Waals surface area (Å²) in [6.07, 6.45) is 3.78. The molecular weight excluding hydrogens is 290 g/mol. The van der Waals surface area contributed by atoms with E-state index in [4.69, 9.17) is 5.11 Å². The number of hydrogen-bond donors (Lipinski definition) is 2. The summed E-state index contributed by atoms with van der Waals surface area (Å²) in [6.45, 7) is 6.54. The molecule has 1 atom stereocenters. The number of ketones is 1. The lowest BCUT2D eigenvalue weighted by Crippen LogP contribution is -2.38. The van der Waals surface area contributed by atoms with Crippen LogP contribution in [0.4, 0.5) is 5.13 Å². The van der Waals surface area contributed by atoms with Gasteiger partial charge >= 0.3 is 5.97 Å². The van der Waals surface area contributed by atoms with Gasteiger partial charge < -0.3 is 15.3 Å². The predicted octanol–water partition coefficient (Wildman–Crippen LogP) is 2.33. The van der Waals surface area contributed by atoms with E-state index in [-0.39, 0.29) is 22.4 Å². The van der Waals surface area contributed by atoms with E-state index in [1.54, 1.807) is 0 Å². The number of thiazole rings is 1. The molecule has 116 valence electrons. The highest BCUT2D eigenvalue weighted by molar-refractivity contribution is 7.17. The van der Waals surface area contributed by atoms with E-state index in [0.29, 0.717) is 5.13 Å². The summed E-state index contributed by atoms with van der Waals surface area (Å²) in [5, 5.41) is 12.8. The molecule has 0 amide bonds. The van der Waals surface area contributed by atoms with Crippen LogP contribution < -0.4 is 5.32 Å². The number of nitrogens with one attached hydrogen (secondary N) is 1. The zero-order valence-corrected chi connectivity index (χ0v) is 13.2. The van der Waals surface area contributed by atoms with Crippen molar-refractivity contribution in [2.24, 2.45) is 0 Å². The van der Waals surface area contributed by atoms with Crippen molar-refractivity contribution in [3.63, 3.8) is 0 Å². The maximum Gasteiger partial charge on any atom is 0.356 e. The summed E-state index contributed by atoms with van der Waals surface area (Å²) in [4.78, 5) is 29.2. The Morgan fingerprint density at radius 3 is 2.57 bits per heavy atom. The van der Waals surface area contributed by atoms with E-state index < -0.39 is 5.97 Å². The van der Waals surface area contributed by atoms with Crippen molar-refractivity contribution < 1.29 is 14.7 Å². The molecule has 21 heavy (non-hydrogen) atoms. The number of nitrogens with zero attached hydrogens (tertiary/aromatic N) is 2. The molecule has 1 aromatic heterocycles. The summed E-state index contributed by atoms with van der Waals surface area (Å²) in [6, 6.07) is 0.163. The molecule has 0 aromatic carbocycles. The van der Waals surface area contributed by atoms with Gasteiger partial charge in [0.15, 0.2) is 16.6 Å². The van der Waals surface area contributed by atoms with E-state index in [1.165, 1.54) is 26.2 Å². The second-order valence-corrected chi connectivity index (χ2v) is 6.46. The van der Waals surface area contributed by atoms with Gasteiger partial charge in [0.1, 0.15) is 4.88 Å². The van der Waals surface area contributed by atoms with Crippen molar-refractivity contribution in [2.75, 3.05) is 25.0 Å². The molecule has 1 saturated heterocycles. The average molecular weight is 311 g/mol.